The molecule has 1 atom stereocenters. The van der Waals surface area contributed by atoms with E-state index < -0.39 is 10.0 Å². The van der Waals surface area contributed by atoms with E-state index in [-0.39, 0.29) is 35.9 Å². The fraction of sp³-hybridized carbons (Fsp3) is 0.440. The van der Waals surface area contributed by atoms with Gasteiger partial charge in [0.1, 0.15) is 12.3 Å². The summed E-state index contributed by atoms with van der Waals surface area (Å²) in [6.45, 7) is 2.59. The van der Waals surface area contributed by atoms with E-state index in [1.165, 1.54) is 21.3 Å². The van der Waals surface area contributed by atoms with Gasteiger partial charge in [-0.05, 0) is 56.0 Å². The van der Waals surface area contributed by atoms with Crippen molar-refractivity contribution in [3.05, 3.63) is 48.0 Å². The predicted molar refractivity (Wildman–Crippen MR) is 129 cm³/mol. The lowest BCUT2D eigenvalue weighted by Crippen LogP contribution is -2.48. The lowest BCUT2D eigenvalue weighted by molar-refractivity contribution is -0.124. The molecule has 1 saturated heterocycles. The molecular formula is C25H29N3O5S. The van der Waals surface area contributed by atoms with Gasteiger partial charge in [-0.2, -0.15) is 4.31 Å². The summed E-state index contributed by atoms with van der Waals surface area (Å²) < 4.78 is 33.7. The third-order valence-electron chi connectivity index (χ3n) is 6.85. The Morgan fingerprint density at radius 3 is 2.53 bits per heavy atom. The van der Waals surface area contributed by atoms with Gasteiger partial charge >= 0.3 is 0 Å². The third kappa shape index (κ3) is 4.07. The van der Waals surface area contributed by atoms with E-state index in [0.717, 1.165) is 43.4 Å². The van der Waals surface area contributed by atoms with Gasteiger partial charge in [-0.25, -0.2) is 8.42 Å². The van der Waals surface area contributed by atoms with Crippen LogP contribution in [0.5, 0.6) is 5.75 Å². The number of fused-ring (bicyclic) bond motifs is 2. The molecule has 0 aromatic heterocycles. The largest absolute Gasteiger partial charge is 0.482 e. The summed E-state index contributed by atoms with van der Waals surface area (Å²) in [7, 11) is -3.71. The van der Waals surface area contributed by atoms with Crippen LogP contribution in [-0.4, -0.2) is 56.8 Å². The van der Waals surface area contributed by atoms with Gasteiger partial charge in [-0.3, -0.25) is 14.5 Å². The van der Waals surface area contributed by atoms with Gasteiger partial charge in [-0.1, -0.05) is 31.0 Å². The number of anilines is 2. The molecule has 9 heteroatoms. The van der Waals surface area contributed by atoms with Crippen molar-refractivity contribution < 1.29 is 22.7 Å². The minimum absolute atomic E-state index is 0.0183. The summed E-state index contributed by atoms with van der Waals surface area (Å²) >= 11 is 0. The molecular weight excluding hydrogens is 454 g/mol. The number of carbonyl (C=O) groups is 2. The second-order valence-electron chi connectivity index (χ2n) is 9.16. The first-order chi connectivity index (χ1) is 16.4. The molecule has 2 amide bonds. The Balaban J connectivity index is 1.44. The normalized spacial score (nSPS) is 21.0. The van der Waals surface area contributed by atoms with Crippen molar-refractivity contribution >= 4 is 33.2 Å². The van der Waals surface area contributed by atoms with Gasteiger partial charge < -0.3 is 9.64 Å². The van der Waals surface area contributed by atoms with Gasteiger partial charge in [0, 0.05) is 24.8 Å². The van der Waals surface area contributed by atoms with Crippen LogP contribution in [0, 0.1) is 0 Å². The van der Waals surface area contributed by atoms with Gasteiger partial charge in [0.15, 0.2) is 6.61 Å². The van der Waals surface area contributed by atoms with E-state index in [9.17, 15) is 18.0 Å². The summed E-state index contributed by atoms with van der Waals surface area (Å²) in [4.78, 5) is 29.4. The zero-order valence-electron chi connectivity index (χ0n) is 19.3. The Bertz CT molecular complexity index is 1220. The SMILES string of the molecule is CC1Cc2ccccc2N1C(=O)CN1C(=O)COc2ccc(S(=O)(=O)N3CCCCCC3)cc21. The molecule has 34 heavy (non-hydrogen) atoms. The number of amides is 2. The van der Waals surface area contributed by atoms with Crippen LogP contribution in [0.2, 0.25) is 0 Å². The molecule has 1 unspecified atom stereocenters. The van der Waals surface area contributed by atoms with Crippen LogP contribution in [-0.2, 0) is 26.0 Å². The molecule has 0 spiro atoms. The smallest absolute Gasteiger partial charge is 0.265 e. The zero-order chi connectivity index (χ0) is 23.9. The third-order valence-corrected chi connectivity index (χ3v) is 8.74. The molecule has 0 radical (unpaired) electrons. The highest BCUT2D eigenvalue weighted by Gasteiger charge is 2.35. The number of sulfonamides is 1. The molecule has 0 bridgehead atoms. The van der Waals surface area contributed by atoms with Gasteiger partial charge in [0.05, 0.1) is 10.6 Å². The minimum Gasteiger partial charge on any atom is -0.482 e. The molecule has 3 aliphatic heterocycles. The highest BCUT2D eigenvalue weighted by Crippen LogP contribution is 2.37. The number of nitrogens with zero attached hydrogens (tertiary/aromatic N) is 3. The second kappa shape index (κ2) is 9.03. The molecule has 1 fully saturated rings. The maximum atomic E-state index is 13.4. The fourth-order valence-electron chi connectivity index (χ4n) is 5.10. The molecule has 3 aliphatic rings. The van der Waals surface area contributed by atoms with E-state index in [2.05, 4.69) is 0 Å². The van der Waals surface area contributed by atoms with Crippen LogP contribution >= 0.6 is 0 Å². The summed E-state index contributed by atoms with van der Waals surface area (Å²) in [5.41, 5.74) is 2.28. The van der Waals surface area contributed by atoms with Crippen molar-refractivity contribution in [3.8, 4) is 5.75 Å². The number of hydrogen-bond acceptors (Lipinski definition) is 5. The lowest BCUT2D eigenvalue weighted by atomic mass is 10.1. The number of hydrogen-bond donors (Lipinski definition) is 0. The molecule has 0 saturated carbocycles. The molecule has 2 aromatic carbocycles. The van der Waals surface area contributed by atoms with Gasteiger partial charge in [0.25, 0.3) is 5.91 Å². The number of ether oxygens (including phenoxy) is 1. The topological polar surface area (TPSA) is 87.2 Å². The predicted octanol–water partition coefficient (Wildman–Crippen LogP) is 2.95. The molecule has 2 aromatic rings. The summed E-state index contributed by atoms with van der Waals surface area (Å²) in [5.74, 6) is -0.179. The standard InChI is InChI=1S/C25H29N3O5S/c1-18-14-19-8-4-5-9-21(19)28(18)24(29)16-27-22-15-20(10-11-23(22)33-17-25(27)30)34(31,32)26-12-6-2-3-7-13-26/h4-5,8-11,15,18H,2-3,6-7,12-14,16-17H2,1H3. The van der Waals surface area contributed by atoms with Crippen LogP contribution in [0.25, 0.3) is 0 Å². The van der Waals surface area contributed by atoms with Crippen molar-refractivity contribution in [2.75, 3.05) is 36.0 Å². The van der Waals surface area contributed by atoms with Crippen LogP contribution < -0.4 is 14.5 Å². The molecule has 0 aliphatic carbocycles. The first-order valence-electron chi connectivity index (χ1n) is 11.8. The van der Waals surface area contributed by atoms with Crippen LogP contribution in [0.15, 0.2) is 47.4 Å². The fourth-order valence-corrected chi connectivity index (χ4v) is 6.64. The highest BCUT2D eigenvalue weighted by atomic mass is 32.2. The monoisotopic (exact) mass is 483 g/mol. The van der Waals surface area contributed by atoms with Crippen LogP contribution in [0.1, 0.15) is 38.2 Å². The van der Waals surface area contributed by atoms with Crippen LogP contribution in [0.4, 0.5) is 11.4 Å². The molecule has 3 heterocycles. The van der Waals surface area contributed by atoms with E-state index >= 15 is 0 Å². The number of carbonyl (C=O) groups excluding carboxylic acids is 2. The van der Waals surface area contributed by atoms with E-state index in [0.29, 0.717) is 24.5 Å². The highest BCUT2D eigenvalue weighted by molar-refractivity contribution is 7.89. The van der Waals surface area contributed by atoms with Crippen molar-refractivity contribution in [3.63, 3.8) is 0 Å². The maximum Gasteiger partial charge on any atom is 0.265 e. The summed E-state index contributed by atoms with van der Waals surface area (Å²) in [5, 5.41) is 0. The number of rotatable bonds is 4. The van der Waals surface area contributed by atoms with Crippen molar-refractivity contribution in [1.82, 2.24) is 4.31 Å². The average Bonchev–Trinajstić information content (AvgIpc) is 2.98. The quantitative estimate of drug-likeness (QED) is 0.667. The Morgan fingerprint density at radius 2 is 1.76 bits per heavy atom. The average molecular weight is 484 g/mol. The molecule has 0 N–H and O–H groups in total. The summed E-state index contributed by atoms with van der Waals surface area (Å²) in [6, 6.07) is 12.3. The van der Waals surface area contributed by atoms with E-state index in [1.54, 1.807) is 11.0 Å². The lowest BCUT2D eigenvalue weighted by Gasteiger charge is -2.32. The minimum atomic E-state index is -3.71. The first kappa shape index (κ1) is 22.9. The maximum absolute atomic E-state index is 13.4. The molecule has 8 nitrogen and oxygen atoms in total. The Hall–Kier alpha value is -2.91. The Labute approximate surface area is 200 Å². The molecule has 5 rings (SSSR count). The van der Waals surface area contributed by atoms with E-state index in [4.69, 9.17) is 4.74 Å². The zero-order valence-corrected chi connectivity index (χ0v) is 20.1. The Kier molecular flexibility index (Phi) is 6.07. The van der Waals surface area contributed by atoms with Gasteiger partial charge in [0.2, 0.25) is 15.9 Å². The van der Waals surface area contributed by atoms with E-state index in [1.807, 2.05) is 31.2 Å². The number of para-hydroxylation sites is 1. The van der Waals surface area contributed by atoms with Crippen LogP contribution in [0.3, 0.4) is 0 Å². The first-order valence-corrected chi connectivity index (χ1v) is 13.3. The molecule has 180 valence electrons. The second-order valence-corrected chi connectivity index (χ2v) is 11.1. The summed E-state index contributed by atoms with van der Waals surface area (Å²) in [6.07, 6.45) is 4.47. The van der Waals surface area contributed by atoms with Crippen molar-refractivity contribution in [2.24, 2.45) is 0 Å². The number of benzene rings is 2. The van der Waals surface area contributed by atoms with Crippen molar-refractivity contribution in [2.45, 2.75) is 50.0 Å². The van der Waals surface area contributed by atoms with Gasteiger partial charge in [-0.15, -0.1) is 0 Å². The Morgan fingerprint density at radius 1 is 1.03 bits per heavy atom. The van der Waals surface area contributed by atoms with Crippen molar-refractivity contribution in [1.29, 1.82) is 0 Å².